The van der Waals surface area contributed by atoms with Gasteiger partial charge in [-0.1, -0.05) is 117 Å². The van der Waals surface area contributed by atoms with E-state index in [1.807, 2.05) is 18.2 Å². The molecule has 248 valence electrons. The smallest absolute Gasteiger partial charge is 0.0973 e. The highest BCUT2D eigenvalue weighted by Crippen LogP contribution is 2.68. The third-order valence-corrected chi connectivity index (χ3v) is 13.7. The monoisotopic (exact) mass is 658 g/mol. The molecule has 2 heteroatoms. The van der Waals surface area contributed by atoms with Gasteiger partial charge in [-0.2, -0.15) is 0 Å². The summed E-state index contributed by atoms with van der Waals surface area (Å²) in [4.78, 5) is 10.3. The quantitative estimate of drug-likeness (QED) is 0.189. The number of fused-ring (bicyclic) bond motifs is 4. The summed E-state index contributed by atoms with van der Waals surface area (Å²) in [5.41, 5.74) is 14.9. The van der Waals surface area contributed by atoms with Crippen LogP contribution in [0.4, 0.5) is 0 Å². The van der Waals surface area contributed by atoms with Crippen LogP contribution in [0.1, 0.15) is 68.2 Å². The standard InChI is InChI=1S/C49H42N2/c1-48(2)40-12-6-7-13-41(40)49(38-23-30-22-31(25-38)26-39(49)24-30)42-21-20-36(29-43(42)48)34-16-17-35-28-37(19-18-33(35)27-34)47-46(32-10-4-3-5-11-32)50-44-14-8-9-15-45(44)51-47/h3-21,27-31,38-39H,22-26H2,1-2H3. The molecule has 0 N–H and O–H groups in total. The molecule has 0 amide bonds. The summed E-state index contributed by atoms with van der Waals surface area (Å²) < 4.78 is 0. The number of para-hydroxylation sites is 2. The predicted octanol–water partition coefficient (Wildman–Crippen LogP) is 12.2. The highest BCUT2D eigenvalue weighted by molar-refractivity contribution is 5.93. The zero-order chi connectivity index (χ0) is 33.9. The van der Waals surface area contributed by atoms with Gasteiger partial charge < -0.3 is 0 Å². The summed E-state index contributed by atoms with van der Waals surface area (Å²) in [6, 6.07) is 49.5. The summed E-state index contributed by atoms with van der Waals surface area (Å²) in [6.07, 6.45) is 7.12. The zero-order valence-electron chi connectivity index (χ0n) is 29.4. The maximum absolute atomic E-state index is 5.17. The van der Waals surface area contributed by atoms with E-state index in [2.05, 4.69) is 129 Å². The number of benzene rings is 6. The summed E-state index contributed by atoms with van der Waals surface area (Å²) in [7, 11) is 0. The number of hydrogen-bond donors (Lipinski definition) is 0. The van der Waals surface area contributed by atoms with E-state index in [0.717, 1.165) is 57.2 Å². The van der Waals surface area contributed by atoms with Crippen molar-refractivity contribution in [1.29, 1.82) is 0 Å². The fourth-order valence-electron chi connectivity index (χ4n) is 11.7. The van der Waals surface area contributed by atoms with Crippen LogP contribution in [0.2, 0.25) is 0 Å². The topological polar surface area (TPSA) is 25.8 Å². The molecule has 1 spiro atoms. The van der Waals surface area contributed by atoms with Crippen LogP contribution in [-0.2, 0) is 10.8 Å². The van der Waals surface area contributed by atoms with Crippen LogP contribution in [0.15, 0.2) is 133 Å². The largest absolute Gasteiger partial charge is 0.244 e. The van der Waals surface area contributed by atoms with Crippen LogP contribution in [0.25, 0.3) is 55.4 Å². The molecule has 6 aromatic carbocycles. The van der Waals surface area contributed by atoms with Gasteiger partial charge in [0.25, 0.3) is 0 Å². The van der Waals surface area contributed by atoms with E-state index in [-0.39, 0.29) is 10.8 Å². The molecule has 5 aliphatic rings. The SMILES string of the molecule is CC1(C)c2ccccc2C2(c3ccc(-c4ccc5cc(-c6nc7ccccc7nc6-c6ccccc6)ccc5c4)cc31)C1CC3CC(C1)CC2C3. The molecule has 51 heavy (non-hydrogen) atoms. The second kappa shape index (κ2) is 10.7. The molecule has 2 nitrogen and oxygen atoms in total. The molecule has 12 rings (SSSR count). The molecule has 0 saturated heterocycles. The first kappa shape index (κ1) is 29.6. The van der Waals surface area contributed by atoms with Gasteiger partial charge >= 0.3 is 0 Å². The van der Waals surface area contributed by atoms with Crippen LogP contribution in [-0.4, -0.2) is 9.97 Å². The molecule has 0 unspecified atom stereocenters. The zero-order valence-corrected chi connectivity index (χ0v) is 29.4. The number of nitrogens with zero attached hydrogens (tertiary/aromatic N) is 2. The second-order valence-corrected chi connectivity index (χ2v) is 16.7. The van der Waals surface area contributed by atoms with Crippen molar-refractivity contribution >= 4 is 21.8 Å². The average Bonchev–Trinajstić information content (AvgIpc) is 3.17. The number of aromatic nitrogens is 2. The summed E-state index contributed by atoms with van der Waals surface area (Å²) in [6.45, 7) is 4.94. The van der Waals surface area contributed by atoms with E-state index in [0.29, 0.717) is 0 Å². The van der Waals surface area contributed by atoms with Crippen LogP contribution < -0.4 is 0 Å². The van der Waals surface area contributed by atoms with E-state index in [4.69, 9.17) is 9.97 Å². The number of rotatable bonds is 3. The highest BCUT2D eigenvalue weighted by atomic mass is 14.8. The van der Waals surface area contributed by atoms with Gasteiger partial charge in [0.2, 0.25) is 0 Å². The van der Waals surface area contributed by atoms with Crippen LogP contribution >= 0.6 is 0 Å². The highest BCUT2D eigenvalue weighted by Gasteiger charge is 2.62. The van der Waals surface area contributed by atoms with Crippen LogP contribution in [0, 0.1) is 23.7 Å². The first-order chi connectivity index (χ1) is 25.0. The lowest BCUT2D eigenvalue weighted by atomic mass is 9.39. The fourth-order valence-corrected chi connectivity index (χ4v) is 11.7. The lowest BCUT2D eigenvalue weighted by Gasteiger charge is -2.64. The van der Waals surface area contributed by atoms with Gasteiger partial charge in [-0.3, -0.25) is 0 Å². The van der Waals surface area contributed by atoms with E-state index >= 15 is 0 Å². The lowest BCUT2D eigenvalue weighted by molar-refractivity contribution is -0.0443. The fraction of sp³-hybridized carbons (Fsp3) is 0.265. The van der Waals surface area contributed by atoms with Crippen molar-refractivity contribution in [2.75, 3.05) is 0 Å². The minimum Gasteiger partial charge on any atom is -0.244 e. The van der Waals surface area contributed by atoms with Crippen molar-refractivity contribution < 1.29 is 0 Å². The molecule has 1 aromatic heterocycles. The predicted molar refractivity (Wildman–Crippen MR) is 210 cm³/mol. The molecule has 5 aliphatic carbocycles. The van der Waals surface area contributed by atoms with E-state index < -0.39 is 0 Å². The Hall–Kier alpha value is -5.08. The van der Waals surface area contributed by atoms with Gasteiger partial charge in [0, 0.05) is 22.0 Å². The van der Waals surface area contributed by atoms with Gasteiger partial charge in [0.1, 0.15) is 0 Å². The van der Waals surface area contributed by atoms with Crippen molar-refractivity contribution in [3.05, 3.63) is 156 Å². The molecule has 4 fully saturated rings. The van der Waals surface area contributed by atoms with Crippen molar-refractivity contribution in [2.24, 2.45) is 23.7 Å². The average molecular weight is 659 g/mol. The minimum atomic E-state index is -0.0506. The van der Waals surface area contributed by atoms with Crippen molar-refractivity contribution in [1.82, 2.24) is 9.97 Å². The first-order valence-corrected chi connectivity index (χ1v) is 19.1. The Kier molecular flexibility index (Phi) is 6.23. The lowest BCUT2D eigenvalue weighted by Crippen LogP contribution is -2.58. The minimum absolute atomic E-state index is 0.0506. The Bertz CT molecular complexity index is 2500. The van der Waals surface area contributed by atoms with Crippen LogP contribution in [0.5, 0.6) is 0 Å². The second-order valence-electron chi connectivity index (χ2n) is 16.7. The van der Waals surface area contributed by atoms with Crippen molar-refractivity contribution in [2.45, 2.75) is 56.8 Å². The Labute approximate surface area is 300 Å². The Morgan fingerprint density at radius 2 is 0.941 bits per heavy atom. The van der Waals surface area contributed by atoms with Crippen molar-refractivity contribution in [3.8, 4) is 33.6 Å². The van der Waals surface area contributed by atoms with E-state index in [1.54, 1.807) is 22.3 Å². The normalized spacial score (nSPS) is 25.3. The molecule has 7 aromatic rings. The molecule has 4 saturated carbocycles. The maximum Gasteiger partial charge on any atom is 0.0973 e. The summed E-state index contributed by atoms with van der Waals surface area (Å²) in [5, 5.41) is 2.45. The first-order valence-electron chi connectivity index (χ1n) is 19.1. The van der Waals surface area contributed by atoms with Gasteiger partial charge in [-0.05, 0) is 130 Å². The molecule has 1 heterocycles. The maximum atomic E-state index is 5.17. The van der Waals surface area contributed by atoms with Gasteiger partial charge in [-0.25, -0.2) is 9.97 Å². The van der Waals surface area contributed by atoms with E-state index in [9.17, 15) is 0 Å². The molecular weight excluding hydrogens is 617 g/mol. The van der Waals surface area contributed by atoms with Crippen molar-refractivity contribution in [3.63, 3.8) is 0 Å². The molecule has 0 radical (unpaired) electrons. The Balaban J connectivity index is 1.02. The van der Waals surface area contributed by atoms with Gasteiger partial charge in [0.15, 0.2) is 0 Å². The third kappa shape index (κ3) is 4.23. The van der Waals surface area contributed by atoms with Gasteiger partial charge in [-0.15, -0.1) is 0 Å². The molecular formula is C49H42N2. The third-order valence-electron chi connectivity index (χ3n) is 13.7. The van der Waals surface area contributed by atoms with Crippen LogP contribution in [0.3, 0.4) is 0 Å². The van der Waals surface area contributed by atoms with E-state index in [1.165, 1.54) is 54.0 Å². The number of hydrogen-bond acceptors (Lipinski definition) is 2. The molecule has 4 bridgehead atoms. The Morgan fingerprint density at radius 1 is 0.431 bits per heavy atom. The summed E-state index contributed by atoms with van der Waals surface area (Å²) in [5.74, 6) is 3.42. The Morgan fingerprint density at radius 3 is 1.63 bits per heavy atom. The molecule has 0 atom stereocenters. The summed E-state index contributed by atoms with van der Waals surface area (Å²) >= 11 is 0. The van der Waals surface area contributed by atoms with Gasteiger partial charge in [0.05, 0.1) is 22.4 Å². The molecule has 0 aliphatic heterocycles.